The predicted molar refractivity (Wildman–Crippen MR) is 60.2 cm³/mol. The van der Waals surface area contributed by atoms with Crippen LogP contribution in [0.3, 0.4) is 0 Å². The Hall–Kier alpha value is -0.660. The van der Waals surface area contributed by atoms with E-state index in [1.165, 1.54) is 32.1 Å². The Morgan fingerprint density at radius 1 is 0.875 bits per heavy atom. The Labute approximate surface area is 96.8 Å². The van der Waals surface area contributed by atoms with Gasteiger partial charge in [0.05, 0.1) is 0 Å². The van der Waals surface area contributed by atoms with Crippen LogP contribution in [0.1, 0.15) is 51.4 Å². The Morgan fingerprint density at radius 3 is 1.69 bits per heavy atom. The minimum Gasteiger partial charge on any atom is -0.291 e. The van der Waals surface area contributed by atoms with E-state index < -0.39 is 0 Å². The highest BCUT2D eigenvalue weighted by Gasteiger charge is 2.57. The van der Waals surface area contributed by atoms with Crippen molar-refractivity contribution in [3.8, 4) is 0 Å². The summed E-state index contributed by atoms with van der Waals surface area (Å²) in [5.41, 5.74) is 0.422. The molecule has 2 heteroatoms. The normalized spacial score (nSPS) is 49.2. The number of hydrogen-bond donors (Lipinski definition) is 0. The first kappa shape index (κ1) is 10.5. The minimum atomic E-state index is 0.211. The molecule has 4 saturated carbocycles. The number of rotatable bonds is 4. The van der Waals surface area contributed by atoms with Crippen LogP contribution >= 0.6 is 0 Å². The highest BCUT2D eigenvalue weighted by Crippen LogP contribution is 2.66. The summed E-state index contributed by atoms with van der Waals surface area (Å²) in [6.07, 6.45) is 12.7. The summed E-state index contributed by atoms with van der Waals surface area (Å²) >= 11 is 0. The van der Waals surface area contributed by atoms with Crippen LogP contribution in [0.25, 0.3) is 0 Å². The van der Waals surface area contributed by atoms with Gasteiger partial charge in [0.25, 0.3) is 0 Å². The van der Waals surface area contributed by atoms with E-state index in [-0.39, 0.29) is 10.8 Å². The molecule has 0 spiro atoms. The van der Waals surface area contributed by atoms with Crippen LogP contribution in [0.15, 0.2) is 0 Å². The topological polar surface area (TPSA) is 34.1 Å². The molecular formula is C14H18O2. The van der Waals surface area contributed by atoms with Crippen LogP contribution < -0.4 is 0 Å². The molecule has 0 aromatic rings. The van der Waals surface area contributed by atoms with Gasteiger partial charge in [-0.05, 0) is 61.2 Å². The Morgan fingerprint density at radius 2 is 1.31 bits per heavy atom. The minimum absolute atomic E-state index is 0.211. The maximum atomic E-state index is 10.7. The maximum Gasteiger partial charge on any atom is 0.198 e. The highest BCUT2D eigenvalue weighted by molar-refractivity contribution is 5.54. The van der Waals surface area contributed by atoms with Gasteiger partial charge in [-0.15, -0.1) is 0 Å². The molecule has 0 atom stereocenters. The average molecular weight is 218 g/mol. The molecule has 86 valence electrons. The summed E-state index contributed by atoms with van der Waals surface area (Å²) < 4.78 is 0. The van der Waals surface area contributed by atoms with Crippen molar-refractivity contribution >= 4 is 12.6 Å². The van der Waals surface area contributed by atoms with Crippen molar-refractivity contribution in [3.05, 3.63) is 0 Å². The molecule has 4 fully saturated rings. The summed E-state index contributed by atoms with van der Waals surface area (Å²) in [5.74, 6) is 1.53. The molecule has 16 heavy (non-hydrogen) atoms. The molecule has 0 N–H and O–H groups in total. The van der Waals surface area contributed by atoms with Crippen LogP contribution in [0.4, 0.5) is 0 Å². The van der Waals surface area contributed by atoms with Gasteiger partial charge in [0.15, 0.2) is 12.6 Å². The summed E-state index contributed by atoms with van der Waals surface area (Å²) in [5, 5.41) is 0. The van der Waals surface area contributed by atoms with Crippen molar-refractivity contribution < 1.29 is 9.59 Å². The van der Waals surface area contributed by atoms with Gasteiger partial charge < -0.3 is 0 Å². The molecule has 4 aliphatic carbocycles. The van der Waals surface area contributed by atoms with Gasteiger partial charge in [0, 0.05) is 12.8 Å². The zero-order valence-corrected chi connectivity index (χ0v) is 9.63. The summed E-state index contributed by atoms with van der Waals surface area (Å²) in [7, 11) is 0. The third-order valence-electron chi connectivity index (χ3n) is 5.20. The van der Waals surface area contributed by atoms with Crippen molar-refractivity contribution in [1.29, 1.82) is 0 Å². The number of hydrogen-bond acceptors (Lipinski definition) is 2. The van der Waals surface area contributed by atoms with Crippen LogP contribution in [0.5, 0.6) is 0 Å². The molecular weight excluding hydrogens is 200 g/mol. The van der Waals surface area contributed by atoms with Crippen molar-refractivity contribution in [1.82, 2.24) is 0 Å². The first-order chi connectivity index (χ1) is 7.69. The van der Waals surface area contributed by atoms with E-state index in [1.54, 1.807) is 0 Å². The zero-order chi connectivity index (χ0) is 11.2. The number of carbonyl (C=O) groups excluding carboxylic acids is 2. The molecule has 0 saturated heterocycles. The second-order valence-electron chi connectivity index (χ2n) is 6.60. The van der Waals surface area contributed by atoms with E-state index in [0.717, 1.165) is 18.3 Å². The fourth-order valence-corrected chi connectivity index (χ4v) is 5.37. The van der Waals surface area contributed by atoms with Gasteiger partial charge >= 0.3 is 0 Å². The molecule has 0 aromatic heterocycles. The van der Waals surface area contributed by atoms with Crippen LogP contribution in [-0.4, -0.2) is 12.6 Å². The standard InChI is InChI=1S/C14H18O2/c15-3-1-13-6-11-5-12(7-13)9-14(8-11,10-13)2-4-16/h11-12H,1-2,5-10H2. The fourth-order valence-electron chi connectivity index (χ4n) is 5.37. The third kappa shape index (κ3) is 1.46. The lowest BCUT2D eigenvalue weighted by Gasteiger charge is -2.61. The predicted octanol–water partition coefficient (Wildman–Crippen LogP) is 2.57. The fraction of sp³-hybridized carbons (Fsp3) is 0.857. The van der Waals surface area contributed by atoms with E-state index in [1.807, 2.05) is 0 Å². The Balaban J connectivity index is 1.90. The van der Waals surface area contributed by atoms with E-state index >= 15 is 0 Å². The van der Waals surface area contributed by atoms with Crippen molar-refractivity contribution in [3.63, 3.8) is 0 Å². The molecule has 0 aliphatic heterocycles. The lowest BCUT2D eigenvalue weighted by atomic mass is 9.43. The van der Waals surface area contributed by atoms with Gasteiger partial charge in [0.1, 0.15) is 0 Å². The van der Waals surface area contributed by atoms with Gasteiger partial charge in [-0.3, -0.25) is 9.59 Å². The van der Waals surface area contributed by atoms with Gasteiger partial charge in [-0.1, -0.05) is 0 Å². The monoisotopic (exact) mass is 218 g/mol. The lowest BCUT2D eigenvalue weighted by Crippen LogP contribution is -2.52. The first-order valence-corrected chi connectivity index (χ1v) is 6.39. The van der Waals surface area contributed by atoms with E-state index in [9.17, 15) is 9.59 Å². The highest BCUT2D eigenvalue weighted by atomic mass is 16.1. The second kappa shape index (κ2) is 3.41. The van der Waals surface area contributed by atoms with Crippen molar-refractivity contribution in [2.45, 2.75) is 51.4 Å². The van der Waals surface area contributed by atoms with Crippen LogP contribution in [0, 0.1) is 22.7 Å². The third-order valence-corrected chi connectivity index (χ3v) is 5.20. The lowest BCUT2D eigenvalue weighted by molar-refractivity contribution is -0.103. The van der Waals surface area contributed by atoms with Crippen LogP contribution in [0.2, 0.25) is 0 Å². The van der Waals surface area contributed by atoms with Crippen molar-refractivity contribution in [2.24, 2.45) is 22.7 Å². The zero-order valence-electron chi connectivity index (χ0n) is 9.63. The largest absolute Gasteiger partial charge is 0.291 e. The van der Waals surface area contributed by atoms with Crippen LogP contribution in [-0.2, 0) is 9.59 Å². The van der Waals surface area contributed by atoms with E-state index in [4.69, 9.17) is 0 Å². The molecule has 4 rings (SSSR count). The van der Waals surface area contributed by atoms with Crippen molar-refractivity contribution in [2.75, 3.05) is 0 Å². The van der Waals surface area contributed by atoms with Gasteiger partial charge in [-0.2, -0.15) is 0 Å². The molecule has 0 aromatic carbocycles. The molecule has 0 heterocycles. The quantitative estimate of drug-likeness (QED) is 0.726. The maximum absolute atomic E-state index is 10.7. The first-order valence-electron chi connectivity index (χ1n) is 6.39. The second-order valence-corrected chi connectivity index (χ2v) is 6.60. The molecule has 0 unspecified atom stereocenters. The van der Waals surface area contributed by atoms with E-state index in [0.29, 0.717) is 12.8 Å². The molecule has 0 amide bonds. The average Bonchev–Trinajstić information content (AvgIpc) is 2.14. The Kier molecular flexibility index (Phi) is 2.24. The van der Waals surface area contributed by atoms with Gasteiger partial charge in [0.2, 0.25) is 0 Å². The van der Waals surface area contributed by atoms with E-state index in [2.05, 4.69) is 12.6 Å². The SMILES string of the molecule is O=[C]CC12CC3CC(C1)CC(C[C]=O)(C3)C2. The Bertz CT molecular complexity index is 279. The van der Waals surface area contributed by atoms with Gasteiger partial charge in [-0.25, -0.2) is 0 Å². The summed E-state index contributed by atoms with van der Waals surface area (Å²) in [4.78, 5) is 21.5. The molecule has 2 radical (unpaired) electrons. The molecule has 2 nitrogen and oxygen atoms in total. The molecule has 4 aliphatic rings. The summed E-state index contributed by atoms with van der Waals surface area (Å²) in [6.45, 7) is 0. The smallest absolute Gasteiger partial charge is 0.198 e. The molecule has 4 bridgehead atoms. The summed E-state index contributed by atoms with van der Waals surface area (Å²) in [6, 6.07) is 0.